The summed E-state index contributed by atoms with van der Waals surface area (Å²) in [6.45, 7) is 14.7. The zero-order chi connectivity index (χ0) is 17.5. The van der Waals surface area contributed by atoms with E-state index in [0.29, 0.717) is 13.1 Å². The largest absolute Gasteiger partial charge is 0.444 e. The van der Waals surface area contributed by atoms with Crippen LogP contribution in [0.2, 0.25) is 0 Å². The molecule has 6 heteroatoms. The van der Waals surface area contributed by atoms with Crippen LogP contribution >= 0.6 is 0 Å². The van der Waals surface area contributed by atoms with Gasteiger partial charge >= 0.3 is 6.09 Å². The van der Waals surface area contributed by atoms with Crippen molar-refractivity contribution in [2.75, 3.05) is 6.54 Å². The molecule has 0 unspecified atom stereocenters. The van der Waals surface area contributed by atoms with E-state index >= 15 is 0 Å². The molecule has 0 aliphatic heterocycles. The van der Waals surface area contributed by atoms with Gasteiger partial charge in [0.05, 0.1) is 6.20 Å². The molecule has 1 heterocycles. The minimum atomic E-state index is -0.488. The van der Waals surface area contributed by atoms with Gasteiger partial charge in [-0.1, -0.05) is 20.4 Å². The van der Waals surface area contributed by atoms with E-state index in [0.717, 1.165) is 18.4 Å². The maximum atomic E-state index is 11.9. The highest BCUT2D eigenvalue weighted by Crippen LogP contribution is 2.16. The van der Waals surface area contributed by atoms with Crippen LogP contribution in [0.5, 0.6) is 0 Å². The van der Waals surface area contributed by atoms with E-state index in [4.69, 9.17) is 4.74 Å². The van der Waals surface area contributed by atoms with Crippen molar-refractivity contribution < 1.29 is 9.53 Å². The number of nitrogens with zero attached hydrogens (tertiary/aromatic N) is 2. The summed E-state index contributed by atoms with van der Waals surface area (Å²) in [5.41, 5.74) is 0.416. The van der Waals surface area contributed by atoms with Gasteiger partial charge in [-0.15, -0.1) is 0 Å². The molecule has 0 aromatic carbocycles. The van der Waals surface area contributed by atoms with E-state index in [1.54, 1.807) is 10.9 Å². The van der Waals surface area contributed by atoms with Crippen molar-refractivity contribution in [2.45, 2.75) is 65.1 Å². The number of aromatic nitrogens is 2. The Kier molecular flexibility index (Phi) is 6.81. The van der Waals surface area contributed by atoms with E-state index in [-0.39, 0.29) is 11.6 Å². The van der Waals surface area contributed by atoms with Crippen LogP contribution in [0, 0.1) is 0 Å². The molecule has 0 atom stereocenters. The number of hydrogen-bond donors (Lipinski definition) is 2. The second-order valence-corrected chi connectivity index (χ2v) is 6.71. The van der Waals surface area contributed by atoms with Gasteiger partial charge in [-0.05, 0) is 33.6 Å². The van der Waals surface area contributed by atoms with Crippen LogP contribution < -0.4 is 10.6 Å². The van der Waals surface area contributed by atoms with Crippen LogP contribution in [0.15, 0.2) is 19.0 Å². The summed E-state index contributed by atoms with van der Waals surface area (Å²) in [7, 11) is 0. The molecular formula is C17H30N4O2. The van der Waals surface area contributed by atoms with Crippen LogP contribution in [0.25, 0.3) is 6.20 Å². The number of alkyl carbamates (subject to hydrolysis) is 1. The fourth-order valence-corrected chi connectivity index (χ4v) is 2.23. The third-order valence-electron chi connectivity index (χ3n) is 3.83. The average Bonchev–Trinajstić information content (AvgIpc) is 2.94. The van der Waals surface area contributed by atoms with Crippen molar-refractivity contribution in [3.8, 4) is 0 Å². The first-order valence-electron chi connectivity index (χ1n) is 8.11. The number of carbonyl (C=O) groups excluding carboxylic acids is 1. The molecule has 2 N–H and O–H groups in total. The molecule has 0 fully saturated rings. The summed E-state index contributed by atoms with van der Waals surface area (Å²) < 4.78 is 6.98. The third kappa shape index (κ3) is 6.44. The Bertz CT molecular complexity index is 513. The Hall–Kier alpha value is -1.82. The molecule has 1 rings (SSSR count). The molecule has 1 amide bonds. The molecule has 1 aromatic heterocycles. The highest BCUT2D eigenvalue weighted by Gasteiger charge is 2.27. The predicted molar refractivity (Wildman–Crippen MR) is 93.0 cm³/mol. The number of nitrogens with one attached hydrogen (secondary N) is 2. The third-order valence-corrected chi connectivity index (χ3v) is 3.83. The number of ether oxygens (including phenoxy) is 1. The van der Waals surface area contributed by atoms with Crippen molar-refractivity contribution in [1.82, 2.24) is 20.4 Å². The van der Waals surface area contributed by atoms with E-state index in [2.05, 4.69) is 36.2 Å². The topological polar surface area (TPSA) is 68.2 Å². The summed E-state index contributed by atoms with van der Waals surface area (Å²) in [6, 6.07) is 0. The standard InChI is InChI=1S/C17H30N4O2/c1-7-17(8-2,13-18-15(22)23-16(4,5)6)19-10-14-11-20-21(9-3)12-14/h9,11-12,19H,3,7-8,10,13H2,1-2,4-6H3,(H,18,22). The van der Waals surface area contributed by atoms with Crippen molar-refractivity contribution in [3.63, 3.8) is 0 Å². The van der Waals surface area contributed by atoms with Gasteiger partial charge in [0.2, 0.25) is 0 Å². The molecule has 0 saturated heterocycles. The monoisotopic (exact) mass is 322 g/mol. The summed E-state index contributed by atoms with van der Waals surface area (Å²) in [4.78, 5) is 11.9. The lowest BCUT2D eigenvalue weighted by Gasteiger charge is -2.33. The van der Waals surface area contributed by atoms with Crippen molar-refractivity contribution in [2.24, 2.45) is 0 Å². The van der Waals surface area contributed by atoms with Gasteiger partial charge < -0.3 is 15.4 Å². The molecule has 6 nitrogen and oxygen atoms in total. The van der Waals surface area contributed by atoms with Gasteiger partial charge in [0.1, 0.15) is 5.60 Å². The zero-order valence-corrected chi connectivity index (χ0v) is 15.0. The van der Waals surface area contributed by atoms with Crippen molar-refractivity contribution in [1.29, 1.82) is 0 Å². The first kappa shape index (κ1) is 19.2. The molecule has 130 valence electrons. The Labute approximate surface area is 139 Å². The summed E-state index contributed by atoms with van der Waals surface area (Å²) in [5.74, 6) is 0. The van der Waals surface area contributed by atoms with Gasteiger partial charge in [0, 0.05) is 36.6 Å². The van der Waals surface area contributed by atoms with Crippen LogP contribution in [-0.4, -0.2) is 33.6 Å². The first-order chi connectivity index (χ1) is 10.7. The van der Waals surface area contributed by atoms with E-state index in [1.165, 1.54) is 0 Å². The molecule has 1 aromatic rings. The minimum absolute atomic E-state index is 0.173. The summed E-state index contributed by atoms with van der Waals surface area (Å²) >= 11 is 0. The smallest absolute Gasteiger partial charge is 0.407 e. The van der Waals surface area contributed by atoms with Crippen LogP contribution in [-0.2, 0) is 11.3 Å². The second kappa shape index (κ2) is 8.15. The molecule has 0 aliphatic rings. The summed E-state index contributed by atoms with van der Waals surface area (Å²) in [5, 5.41) is 10.6. The molecule has 0 saturated carbocycles. The molecular weight excluding hydrogens is 292 g/mol. The fourth-order valence-electron chi connectivity index (χ4n) is 2.23. The van der Waals surface area contributed by atoms with E-state index in [1.807, 2.05) is 33.2 Å². The van der Waals surface area contributed by atoms with Crippen LogP contribution in [0.4, 0.5) is 4.79 Å². The van der Waals surface area contributed by atoms with E-state index in [9.17, 15) is 4.79 Å². The fraction of sp³-hybridized carbons (Fsp3) is 0.647. The number of amides is 1. The number of carbonyl (C=O) groups is 1. The van der Waals surface area contributed by atoms with Gasteiger partial charge in [0.15, 0.2) is 0 Å². The Balaban J connectivity index is 2.60. The van der Waals surface area contributed by atoms with Crippen LogP contribution in [0.1, 0.15) is 53.0 Å². The SMILES string of the molecule is C=Cn1cc(CNC(CC)(CC)CNC(=O)OC(C)(C)C)cn1. The van der Waals surface area contributed by atoms with E-state index < -0.39 is 5.60 Å². The average molecular weight is 322 g/mol. The number of rotatable bonds is 8. The normalized spacial score (nSPS) is 12.0. The lowest BCUT2D eigenvalue weighted by molar-refractivity contribution is 0.0507. The van der Waals surface area contributed by atoms with Crippen LogP contribution in [0.3, 0.4) is 0 Å². The van der Waals surface area contributed by atoms with Gasteiger partial charge in [-0.25, -0.2) is 9.48 Å². The number of hydrogen-bond acceptors (Lipinski definition) is 4. The second-order valence-electron chi connectivity index (χ2n) is 6.71. The van der Waals surface area contributed by atoms with Gasteiger partial charge in [-0.2, -0.15) is 5.10 Å². The minimum Gasteiger partial charge on any atom is -0.444 e. The molecule has 0 aliphatic carbocycles. The van der Waals surface area contributed by atoms with Gasteiger partial charge in [-0.3, -0.25) is 0 Å². The molecule has 0 spiro atoms. The maximum Gasteiger partial charge on any atom is 0.407 e. The van der Waals surface area contributed by atoms with Crippen molar-refractivity contribution in [3.05, 3.63) is 24.5 Å². The molecule has 0 bridgehead atoms. The first-order valence-corrected chi connectivity index (χ1v) is 8.11. The highest BCUT2D eigenvalue weighted by molar-refractivity contribution is 5.67. The van der Waals surface area contributed by atoms with Gasteiger partial charge in [0.25, 0.3) is 0 Å². The quantitative estimate of drug-likeness (QED) is 0.771. The lowest BCUT2D eigenvalue weighted by Crippen LogP contribution is -2.53. The Morgan fingerprint density at radius 3 is 2.52 bits per heavy atom. The predicted octanol–water partition coefficient (Wildman–Crippen LogP) is 3.16. The summed E-state index contributed by atoms with van der Waals surface area (Å²) in [6.07, 6.45) is 6.80. The Morgan fingerprint density at radius 1 is 1.39 bits per heavy atom. The maximum absolute atomic E-state index is 11.9. The lowest BCUT2D eigenvalue weighted by atomic mass is 9.92. The molecule has 0 radical (unpaired) electrons. The Morgan fingerprint density at radius 2 is 2.04 bits per heavy atom. The highest BCUT2D eigenvalue weighted by atomic mass is 16.6. The molecule has 23 heavy (non-hydrogen) atoms. The van der Waals surface area contributed by atoms with Crippen molar-refractivity contribution >= 4 is 12.3 Å². The zero-order valence-electron chi connectivity index (χ0n) is 15.0.